The third-order valence-electron chi connectivity index (χ3n) is 2.86. The van der Waals surface area contributed by atoms with Crippen LogP contribution in [0, 0.1) is 6.92 Å². The topological polar surface area (TPSA) is 44.1 Å². The van der Waals surface area contributed by atoms with Crippen LogP contribution < -0.4 is 0 Å². The number of hydrogen-bond donors (Lipinski definition) is 0. The fourth-order valence-electron chi connectivity index (χ4n) is 1.96. The van der Waals surface area contributed by atoms with Crippen molar-refractivity contribution in [3.8, 4) is 0 Å². The van der Waals surface area contributed by atoms with E-state index in [4.69, 9.17) is 4.74 Å². The maximum Gasteiger partial charge on any atom is 0.303 e. The van der Waals surface area contributed by atoms with Crippen LogP contribution in [0.25, 0.3) is 0 Å². The lowest BCUT2D eigenvalue weighted by molar-refractivity contribution is -0.142. The molecule has 2 rings (SSSR count). The smallest absolute Gasteiger partial charge is 0.303 e. The second-order valence-corrected chi connectivity index (χ2v) is 4.52. The molecule has 0 amide bonds. The number of ether oxygens (including phenoxy) is 1. The summed E-state index contributed by atoms with van der Waals surface area (Å²) in [4.78, 5) is 10.9. The summed E-state index contributed by atoms with van der Waals surface area (Å²) in [7, 11) is 0. The Morgan fingerprint density at radius 3 is 2.74 bits per heavy atom. The van der Waals surface area contributed by atoms with Crippen molar-refractivity contribution in [2.45, 2.75) is 33.4 Å². The van der Waals surface area contributed by atoms with Gasteiger partial charge in [-0.3, -0.25) is 9.48 Å². The number of rotatable bonds is 5. The van der Waals surface area contributed by atoms with E-state index in [0.717, 1.165) is 24.4 Å². The minimum Gasteiger partial charge on any atom is -0.459 e. The molecular weight excluding hydrogens is 240 g/mol. The molecule has 4 heteroatoms. The molecule has 0 aliphatic heterocycles. The van der Waals surface area contributed by atoms with Gasteiger partial charge in [0.05, 0.1) is 11.4 Å². The van der Waals surface area contributed by atoms with Gasteiger partial charge in [0.2, 0.25) is 0 Å². The molecule has 0 unspecified atom stereocenters. The Bertz CT molecular complexity index is 547. The van der Waals surface area contributed by atoms with Gasteiger partial charge in [0.25, 0.3) is 0 Å². The second-order valence-electron chi connectivity index (χ2n) is 4.52. The average molecular weight is 258 g/mol. The molecule has 0 aliphatic carbocycles. The Labute approximate surface area is 113 Å². The monoisotopic (exact) mass is 258 g/mol. The van der Waals surface area contributed by atoms with Gasteiger partial charge in [0, 0.05) is 13.5 Å². The molecule has 0 radical (unpaired) electrons. The van der Waals surface area contributed by atoms with Crippen molar-refractivity contribution >= 4 is 5.97 Å². The highest BCUT2D eigenvalue weighted by Crippen LogP contribution is 2.08. The third-order valence-corrected chi connectivity index (χ3v) is 2.86. The lowest BCUT2D eigenvalue weighted by Crippen LogP contribution is -2.10. The van der Waals surface area contributed by atoms with Gasteiger partial charge in [0.15, 0.2) is 0 Å². The molecule has 0 saturated heterocycles. The standard InChI is InChI=1S/C15H18N2O2/c1-12-10-15(11-19-13(2)18)17(16-12)9-8-14-6-4-3-5-7-14/h3-7,10H,8-9,11H2,1-2H3. The number of carbonyl (C=O) groups excluding carboxylic acids is 1. The van der Waals surface area contributed by atoms with Crippen LogP contribution in [0.2, 0.25) is 0 Å². The highest BCUT2D eigenvalue weighted by molar-refractivity contribution is 5.65. The Hall–Kier alpha value is -2.10. The summed E-state index contributed by atoms with van der Waals surface area (Å²) in [6.07, 6.45) is 0.912. The number of aromatic nitrogens is 2. The summed E-state index contributed by atoms with van der Waals surface area (Å²) in [5.41, 5.74) is 3.15. The van der Waals surface area contributed by atoms with Gasteiger partial charge < -0.3 is 4.74 Å². The number of esters is 1. The maximum absolute atomic E-state index is 10.9. The largest absolute Gasteiger partial charge is 0.459 e. The Morgan fingerprint density at radius 2 is 2.05 bits per heavy atom. The zero-order valence-corrected chi connectivity index (χ0v) is 11.3. The predicted molar refractivity (Wildman–Crippen MR) is 72.6 cm³/mol. The molecule has 1 aromatic carbocycles. The first-order chi connectivity index (χ1) is 9.15. The van der Waals surface area contributed by atoms with Crippen LogP contribution >= 0.6 is 0 Å². The molecule has 0 spiro atoms. The van der Waals surface area contributed by atoms with Gasteiger partial charge in [-0.25, -0.2) is 0 Å². The first-order valence-electron chi connectivity index (χ1n) is 6.36. The zero-order valence-electron chi connectivity index (χ0n) is 11.3. The van der Waals surface area contributed by atoms with Gasteiger partial charge >= 0.3 is 5.97 Å². The molecular formula is C15H18N2O2. The highest BCUT2D eigenvalue weighted by Gasteiger charge is 2.07. The first kappa shape index (κ1) is 13.3. The number of benzene rings is 1. The highest BCUT2D eigenvalue weighted by atomic mass is 16.5. The minimum atomic E-state index is -0.270. The van der Waals surface area contributed by atoms with Crippen molar-refractivity contribution in [1.82, 2.24) is 9.78 Å². The number of hydrogen-bond acceptors (Lipinski definition) is 3. The Balaban J connectivity index is 2.01. The molecule has 0 N–H and O–H groups in total. The van der Waals surface area contributed by atoms with Gasteiger partial charge in [0.1, 0.15) is 6.61 Å². The normalized spacial score (nSPS) is 10.4. The average Bonchev–Trinajstić information content (AvgIpc) is 2.75. The molecule has 0 atom stereocenters. The van der Waals surface area contributed by atoms with Crippen LogP contribution in [0.15, 0.2) is 36.4 Å². The minimum absolute atomic E-state index is 0.270. The molecule has 1 aromatic heterocycles. The van der Waals surface area contributed by atoms with Gasteiger partial charge in [-0.1, -0.05) is 30.3 Å². The summed E-state index contributed by atoms with van der Waals surface area (Å²) >= 11 is 0. The fraction of sp³-hybridized carbons (Fsp3) is 0.333. The summed E-state index contributed by atoms with van der Waals surface area (Å²) in [5.74, 6) is -0.270. The van der Waals surface area contributed by atoms with Crippen molar-refractivity contribution < 1.29 is 9.53 Å². The van der Waals surface area contributed by atoms with Gasteiger partial charge in [-0.2, -0.15) is 5.10 Å². The number of carbonyl (C=O) groups is 1. The van der Waals surface area contributed by atoms with Crippen molar-refractivity contribution in [2.75, 3.05) is 0 Å². The van der Waals surface area contributed by atoms with Crippen LogP contribution in [-0.4, -0.2) is 15.7 Å². The van der Waals surface area contributed by atoms with E-state index < -0.39 is 0 Å². The van der Waals surface area contributed by atoms with Crippen LogP contribution in [0.3, 0.4) is 0 Å². The first-order valence-corrected chi connectivity index (χ1v) is 6.36. The molecule has 1 heterocycles. The molecule has 0 fully saturated rings. The number of nitrogens with zero attached hydrogens (tertiary/aromatic N) is 2. The lowest BCUT2D eigenvalue weighted by atomic mass is 10.1. The molecule has 0 saturated carbocycles. The second kappa shape index (κ2) is 6.18. The van der Waals surface area contributed by atoms with Crippen LogP contribution in [0.1, 0.15) is 23.9 Å². The van der Waals surface area contributed by atoms with Crippen LogP contribution in [0.4, 0.5) is 0 Å². The maximum atomic E-state index is 10.9. The van der Waals surface area contributed by atoms with Crippen LogP contribution in [-0.2, 0) is 29.1 Å². The van der Waals surface area contributed by atoms with E-state index in [-0.39, 0.29) is 12.6 Å². The third kappa shape index (κ3) is 3.95. The van der Waals surface area contributed by atoms with Crippen molar-refractivity contribution in [3.63, 3.8) is 0 Å². The summed E-state index contributed by atoms with van der Waals surface area (Å²) in [5, 5.41) is 4.43. The van der Waals surface area contributed by atoms with E-state index in [1.807, 2.05) is 35.9 Å². The molecule has 0 aliphatic rings. The summed E-state index contributed by atoms with van der Waals surface area (Å²) < 4.78 is 6.94. The van der Waals surface area contributed by atoms with Gasteiger partial charge in [-0.15, -0.1) is 0 Å². The lowest BCUT2D eigenvalue weighted by Gasteiger charge is -2.07. The van der Waals surface area contributed by atoms with Crippen molar-refractivity contribution in [3.05, 3.63) is 53.3 Å². The SMILES string of the molecule is CC(=O)OCc1cc(C)nn1CCc1ccccc1. The molecule has 2 aromatic rings. The fourth-order valence-corrected chi connectivity index (χ4v) is 1.96. The van der Waals surface area contributed by atoms with Crippen LogP contribution in [0.5, 0.6) is 0 Å². The van der Waals surface area contributed by atoms with E-state index in [2.05, 4.69) is 17.2 Å². The number of aryl methyl sites for hydroxylation is 3. The molecule has 4 nitrogen and oxygen atoms in total. The van der Waals surface area contributed by atoms with Crippen molar-refractivity contribution in [1.29, 1.82) is 0 Å². The quantitative estimate of drug-likeness (QED) is 0.774. The molecule has 100 valence electrons. The summed E-state index contributed by atoms with van der Waals surface area (Å²) in [6, 6.07) is 12.2. The van der Waals surface area contributed by atoms with Crippen molar-refractivity contribution in [2.24, 2.45) is 0 Å². The zero-order chi connectivity index (χ0) is 13.7. The van der Waals surface area contributed by atoms with E-state index in [1.54, 1.807) is 0 Å². The predicted octanol–water partition coefficient (Wildman–Crippen LogP) is 2.50. The van der Waals surface area contributed by atoms with E-state index >= 15 is 0 Å². The Morgan fingerprint density at radius 1 is 1.32 bits per heavy atom. The molecule has 19 heavy (non-hydrogen) atoms. The summed E-state index contributed by atoms with van der Waals surface area (Å²) in [6.45, 7) is 4.42. The van der Waals surface area contributed by atoms with E-state index in [0.29, 0.717) is 0 Å². The van der Waals surface area contributed by atoms with E-state index in [1.165, 1.54) is 12.5 Å². The van der Waals surface area contributed by atoms with Gasteiger partial charge in [-0.05, 0) is 25.0 Å². The molecule has 0 bridgehead atoms. The van der Waals surface area contributed by atoms with E-state index in [9.17, 15) is 4.79 Å². The Kier molecular flexibility index (Phi) is 4.34.